The Kier molecular flexibility index (Phi) is 2.29. The van der Waals surface area contributed by atoms with Gasteiger partial charge in [-0.1, -0.05) is 0 Å². The van der Waals surface area contributed by atoms with Gasteiger partial charge in [-0.25, -0.2) is 0 Å². The highest BCUT2D eigenvalue weighted by molar-refractivity contribution is 6.41. The molecule has 1 saturated heterocycles. The van der Waals surface area contributed by atoms with Gasteiger partial charge in [0.1, 0.15) is 5.75 Å². The first-order valence-electron chi connectivity index (χ1n) is 4.57. The summed E-state index contributed by atoms with van der Waals surface area (Å²) in [4.78, 5) is 23.9. The lowest BCUT2D eigenvalue weighted by Gasteiger charge is -2.26. The highest BCUT2D eigenvalue weighted by atomic mass is 16.3. The average Bonchev–Trinajstić information content (AvgIpc) is 2.24. The monoisotopic (exact) mass is 206 g/mol. The molecule has 1 aromatic rings. The molecule has 1 aromatic carbocycles. The number of hydrogen-bond acceptors (Lipinski definition) is 3. The van der Waals surface area contributed by atoms with E-state index < -0.39 is 11.8 Å². The number of aromatic hydroxyl groups is 1. The number of anilines is 1. The highest BCUT2D eigenvalue weighted by Gasteiger charge is 2.26. The van der Waals surface area contributed by atoms with Gasteiger partial charge in [0.15, 0.2) is 0 Å². The topological polar surface area (TPSA) is 69.6 Å². The summed E-state index contributed by atoms with van der Waals surface area (Å²) >= 11 is 0. The quantitative estimate of drug-likeness (QED) is 0.628. The SMILES string of the molecule is O=C1NCCN(c2ccc(O)cc2)C1=O. The van der Waals surface area contributed by atoms with Gasteiger partial charge >= 0.3 is 11.8 Å². The Balaban J connectivity index is 2.26. The largest absolute Gasteiger partial charge is 0.508 e. The van der Waals surface area contributed by atoms with Gasteiger partial charge in [-0.2, -0.15) is 0 Å². The number of nitrogens with zero attached hydrogens (tertiary/aromatic N) is 1. The van der Waals surface area contributed by atoms with Crippen LogP contribution in [0.3, 0.4) is 0 Å². The Hall–Kier alpha value is -2.04. The Morgan fingerprint density at radius 2 is 1.87 bits per heavy atom. The zero-order valence-corrected chi connectivity index (χ0v) is 7.93. The first-order valence-corrected chi connectivity index (χ1v) is 4.57. The predicted octanol–water partition coefficient (Wildman–Crippen LogP) is -0.145. The fourth-order valence-corrected chi connectivity index (χ4v) is 1.46. The van der Waals surface area contributed by atoms with E-state index in [1.165, 1.54) is 17.0 Å². The van der Waals surface area contributed by atoms with Gasteiger partial charge in [-0.3, -0.25) is 9.59 Å². The van der Waals surface area contributed by atoms with Gasteiger partial charge in [0.05, 0.1) is 0 Å². The highest BCUT2D eigenvalue weighted by Crippen LogP contribution is 2.19. The Morgan fingerprint density at radius 3 is 2.53 bits per heavy atom. The lowest BCUT2D eigenvalue weighted by atomic mass is 10.2. The molecular weight excluding hydrogens is 196 g/mol. The summed E-state index contributed by atoms with van der Waals surface area (Å²) in [6.45, 7) is 0.904. The van der Waals surface area contributed by atoms with E-state index in [4.69, 9.17) is 5.11 Å². The van der Waals surface area contributed by atoms with Crippen molar-refractivity contribution in [3.8, 4) is 5.75 Å². The first-order chi connectivity index (χ1) is 7.18. The molecule has 0 aliphatic carbocycles. The maximum absolute atomic E-state index is 11.5. The summed E-state index contributed by atoms with van der Waals surface area (Å²) in [6, 6.07) is 6.17. The molecule has 0 aromatic heterocycles. The number of phenolic OH excluding ortho intramolecular Hbond substituents is 1. The molecule has 0 radical (unpaired) electrons. The standard InChI is InChI=1S/C10H10N2O3/c13-8-3-1-7(2-4-8)12-6-5-11-9(14)10(12)15/h1-4,13H,5-6H2,(H,11,14). The van der Waals surface area contributed by atoms with Crippen LogP contribution in [0.15, 0.2) is 24.3 Å². The summed E-state index contributed by atoms with van der Waals surface area (Å²) in [7, 11) is 0. The average molecular weight is 206 g/mol. The lowest BCUT2D eigenvalue weighted by Crippen LogP contribution is -2.52. The maximum Gasteiger partial charge on any atom is 0.316 e. The third-order valence-electron chi connectivity index (χ3n) is 2.22. The number of phenols is 1. The van der Waals surface area contributed by atoms with Gasteiger partial charge in [-0.05, 0) is 24.3 Å². The van der Waals surface area contributed by atoms with Crippen LogP contribution in [0.2, 0.25) is 0 Å². The van der Waals surface area contributed by atoms with Gasteiger partial charge in [0.25, 0.3) is 0 Å². The summed E-state index contributed by atoms with van der Waals surface area (Å²) in [5.41, 5.74) is 0.618. The van der Waals surface area contributed by atoms with Crippen molar-refractivity contribution in [2.45, 2.75) is 0 Å². The molecule has 5 heteroatoms. The van der Waals surface area contributed by atoms with Crippen LogP contribution in [0.5, 0.6) is 5.75 Å². The minimum atomic E-state index is -0.589. The van der Waals surface area contributed by atoms with E-state index in [2.05, 4.69) is 5.32 Å². The van der Waals surface area contributed by atoms with Crippen LogP contribution in [-0.2, 0) is 9.59 Å². The van der Waals surface area contributed by atoms with Gasteiger partial charge in [-0.15, -0.1) is 0 Å². The maximum atomic E-state index is 11.5. The Bertz CT molecular complexity index is 400. The number of carbonyl (C=O) groups is 2. The number of benzene rings is 1. The van der Waals surface area contributed by atoms with E-state index in [-0.39, 0.29) is 5.75 Å². The first kappa shape index (κ1) is 9.51. The van der Waals surface area contributed by atoms with Crippen LogP contribution in [0, 0.1) is 0 Å². The molecule has 1 aliphatic rings. The van der Waals surface area contributed by atoms with Crippen molar-refractivity contribution in [2.24, 2.45) is 0 Å². The number of nitrogens with one attached hydrogen (secondary N) is 1. The van der Waals surface area contributed by atoms with Crippen molar-refractivity contribution in [3.05, 3.63) is 24.3 Å². The molecule has 1 heterocycles. The molecule has 0 unspecified atom stereocenters. The predicted molar refractivity (Wildman–Crippen MR) is 53.5 cm³/mol. The molecule has 2 N–H and O–H groups in total. The van der Waals surface area contributed by atoms with Gasteiger partial charge < -0.3 is 15.3 Å². The minimum Gasteiger partial charge on any atom is -0.508 e. The number of rotatable bonds is 1. The number of piperazine rings is 1. The van der Waals surface area contributed by atoms with Crippen LogP contribution in [-0.4, -0.2) is 30.0 Å². The fraction of sp³-hybridized carbons (Fsp3) is 0.200. The molecule has 15 heavy (non-hydrogen) atoms. The van der Waals surface area contributed by atoms with E-state index in [0.29, 0.717) is 18.8 Å². The molecule has 2 rings (SSSR count). The van der Waals surface area contributed by atoms with Crippen molar-refractivity contribution in [2.75, 3.05) is 18.0 Å². The van der Waals surface area contributed by atoms with E-state index >= 15 is 0 Å². The van der Waals surface area contributed by atoms with Gasteiger partial charge in [0, 0.05) is 18.8 Å². The molecule has 0 saturated carbocycles. The smallest absolute Gasteiger partial charge is 0.316 e. The molecule has 1 fully saturated rings. The Labute approximate surface area is 86.3 Å². The molecule has 0 bridgehead atoms. The van der Waals surface area contributed by atoms with Crippen molar-refractivity contribution >= 4 is 17.5 Å². The second kappa shape index (κ2) is 3.61. The van der Waals surface area contributed by atoms with Crippen LogP contribution in [0.1, 0.15) is 0 Å². The third-order valence-corrected chi connectivity index (χ3v) is 2.22. The molecule has 0 spiro atoms. The summed E-state index contributed by atoms with van der Waals surface area (Å²) in [5, 5.41) is 11.6. The van der Waals surface area contributed by atoms with Gasteiger partial charge in [0.2, 0.25) is 0 Å². The van der Waals surface area contributed by atoms with Crippen LogP contribution < -0.4 is 10.2 Å². The van der Waals surface area contributed by atoms with Crippen molar-refractivity contribution < 1.29 is 14.7 Å². The van der Waals surface area contributed by atoms with Crippen molar-refractivity contribution in [1.82, 2.24) is 5.32 Å². The molecule has 0 atom stereocenters. The van der Waals surface area contributed by atoms with Crippen LogP contribution in [0.25, 0.3) is 0 Å². The van der Waals surface area contributed by atoms with E-state index in [1.807, 2.05) is 0 Å². The number of hydrogen-bond donors (Lipinski definition) is 2. The van der Waals surface area contributed by atoms with Crippen LogP contribution in [0.4, 0.5) is 5.69 Å². The normalized spacial score (nSPS) is 16.4. The minimum absolute atomic E-state index is 0.132. The number of amides is 2. The van der Waals surface area contributed by atoms with Crippen molar-refractivity contribution in [1.29, 1.82) is 0 Å². The Morgan fingerprint density at radius 1 is 1.20 bits per heavy atom. The summed E-state index contributed by atoms with van der Waals surface area (Å²) in [5.74, 6) is -1.02. The molecule has 2 amide bonds. The van der Waals surface area contributed by atoms with E-state index in [0.717, 1.165) is 0 Å². The van der Waals surface area contributed by atoms with E-state index in [1.54, 1.807) is 12.1 Å². The second-order valence-electron chi connectivity index (χ2n) is 3.23. The lowest BCUT2D eigenvalue weighted by molar-refractivity contribution is -0.138. The number of carbonyl (C=O) groups excluding carboxylic acids is 2. The van der Waals surface area contributed by atoms with E-state index in [9.17, 15) is 9.59 Å². The van der Waals surface area contributed by atoms with Crippen molar-refractivity contribution in [3.63, 3.8) is 0 Å². The molecular formula is C10H10N2O3. The molecule has 1 aliphatic heterocycles. The molecule has 5 nitrogen and oxygen atoms in total. The summed E-state index contributed by atoms with van der Waals surface area (Å²) in [6.07, 6.45) is 0. The summed E-state index contributed by atoms with van der Waals surface area (Å²) < 4.78 is 0. The zero-order chi connectivity index (χ0) is 10.8. The second-order valence-corrected chi connectivity index (χ2v) is 3.23. The zero-order valence-electron chi connectivity index (χ0n) is 7.93. The third kappa shape index (κ3) is 1.76. The van der Waals surface area contributed by atoms with Crippen LogP contribution >= 0.6 is 0 Å². The molecule has 78 valence electrons. The fourth-order valence-electron chi connectivity index (χ4n) is 1.46.